The number of aliphatic hydroxyl groups is 1. The quantitative estimate of drug-likeness (QED) is 0.846. The number of benzene rings is 1. The summed E-state index contributed by atoms with van der Waals surface area (Å²) < 4.78 is 6.61. The fraction of sp³-hybridized carbons (Fsp3) is 0.267. The lowest BCUT2D eigenvalue weighted by Crippen LogP contribution is -1.99. The van der Waals surface area contributed by atoms with E-state index < -0.39 is 0 Å². The minimum Gasteiger partial charge on any atom is -0.437 e. The molecule has 2 aromatic rings. The molecule has 0 saturated heterocycles. The van der Waals surface area contributed by atoms with Gasteiger partial charge in [0.1, 0.15) is 5.75 Å². The van der Waals surface area contributed by atoms with E-state index in [9.17, 15) is 5.11 Å². The van der Waals surface area contributed by atoms with Gasteiger partial charge in [-0.15, -0.1) is 0 Å². The summed E-state index contributed by atoms with van der Waals surface area (Å²) in [5, 5.41) is 9.83. The number of hydrogen-bond acceptors (Lipinski definition) is 3. The van der Waals surface area contributed by atoms with Gasteiger partial charge in [-0.05, 0) is 35.7 Å². The summed E-state index contributed by atoms with van der Waals surface area (Å²) in [6.45, 7) is 4.03. The SMILES string of the molecule is CC(C)c1cc(CO)cc(Oc2cc(Br)ccc2Cl)n1. The second-order valence-corrected chi connectivity index (χ2v) is 6.05. The van der Waals surface area contributed by atoms with Crippen LogP contribution in [0.25, 0.3) is 0 Å². The minimum atomic E-state index is -0.0508. The van der Waals surface area contributed by atoms with Crippen molar-refractivity contribution in [3.8, 4) is 11.6 Å². The molecule has 0 aliphatic carbocycles. The molecule has 20 heavy (non-hydrogen) atoms. The molecule has 0 radical (unpaired) electrons. The normalized spacial score (nSPS) is 10.9. The maximum Gasteiger partial charge on any atom is 0.219 e. The van der Waals surface area contributed by atoms with Gasteiger partial charge in [0.15, 0.2) is 0 Å². The summed E-state index contributed by atoms with van der Waals surface area (Å²) >= 11 is 9.48. The van der Waals surface area contributed by atoms with Crippen molar-refractivity contribution in [1.29, 1.82) is 0 Å². The largest absolute Gasteiger partial charge is 0.437 e. The summed E-state index contributed by atoms with van der Waals surface area (Å²) in [5.41, 5.74) is 1.64. The van der Waals surface area contributed by atoms with Gasteiger partial charge in [-0.2, -0.15) is 0 Å². The van der Waals surface area contributed by atoms with Crippen LogP contribution in [-0.2, 0) is 6.61 Å². The third-order valence-electron chi connectivity index (χ3n) is 2.76. The van der Waals surface area contributed by atoms with Crippen LogP contribution in [0.2, 0.25) is 5.02 Å². The molecular weight excluding hydrogens is 342 g/mol. The van der Waals surface area contributed by atoms with Crippen molar-refractivity contribution >= 4 is 27.5 Å². The van der Waals surface area contributed by atoms with Crippen molar-refractivity contribution < 1.29 is 9.84 Å². The van der Waals surface area contributed by atoms with Crippen molar-refractivity contribution in [1.82, 2.24) is 4.98 Å². The topological polar surface area (TPSA) is 42.4 Å². The molecule has 1 heterocycles. The first kappa shape index (κ1) is 15.3. The fourth-order valence-corrected chi connectivity index (χ4v) is 2.19. The Balaban J connectivity index is 2.37. The van der Waals surface area contributed by atoms with Gasteiger partial charge < -0.3 is 9.84 Å². The van der Waals surface area contributed by atoms with Crippen molar-refractivity contribution in [3.63, 3.8) is 0 Å². The Hall–Kier alpha value is -1.10. The molecule has 1 N–H and O–H groups in total. The first-order chi connectivity index (χ1) is 9.49. The highest BCUT2D eigenvalue weighted by Gasteiger charge is 2.10. The molecule has 0 fully saturated rings. The summed E-state index contributed by atoms with van der Waals surface area (Å²) in [7, 11) is 0. The van der Waals surface area contributed by atoms with Gasteiger partial charge in [0.05, 0.1) is 11.6 Å². The molecule has 0 saturated carbocycles. The van der Waals surface area contributed by atoms with Crippen LogP contribution in [0.4, 0.5) is 0 Å². The highest BCUT2D eigenvalue weighted by molar-refractivity contribution is 9.10. The van der Waals surface area contributed by atoms with E-state index in [2.05, 4.69) is 20.9 Å². The average molecular weight is 357 g/mol. The molecule has 1 aromatic carbocycles. The Kier molecular flexibility index (Phi) is 5.02. The Morgan fingerprint density at radius 1 is 1.30 bits per heavy atom. The van der Waals surface area contributed by atoms with Crippen molar-refractivity contribution in [2.45, 2.75) is 26.4 Å². The van der Waals surface area contributed by atoms with Crippen LogP contribution in [0.5, 0.6) is 11.6 Å². The lowest BCUT2D eigenvalue weighted by Gasteiger charge is -2.12. The van der Waals surface area contributed by atoms with E-state index in [4.69, 9.17) is 16.3 Å². The zero-order valence-corrected chi connectivity index (χ0v) is 13.6. The maximum atomic E-state index is 9.32. The molecule has 106 valence electrons. The molecule has 0 atom stereocenters. The number of halogens is 2. The number of ether oxygens (including phenoxy) is 1. The van der Waals surface area contributed by atoms with Gasteiger partial charge in [0.2, 0.25) is 5.88 Å². The molecule has 0 aliphatic rings. The second kappa shape index (κ2) is 6.57. The van der Waals surface area contributed by atoms with Crippen LogP contribution in [0.3, 0.4) is 0 Å². The smallest absolute Gasteiger partial charge is 0.219 e. The van der Waals surface area contributed by atoms with E-state index in [1.165, 1.54) is 0 Å². The summed E-state index contributed by atoms with van der Waals surface area (Å²) in [5.74, 6) is 1.21. The fourth-order valence-electron chi connectivity index (χ4n) is 1.69. The van der Waals surface area contributed by atoms with E-state index in [1.807, 2.05) is 26.0 Å². The lowest BCUT2D eigenvalue weighted by molar-refractivity contribution is 0.280. The van der Waals surface area contributed by atoms with E-state index in [-0.39, 0.29) is 12.5 Å². The predicted molar refractivity (Wildman–Crippen MR) is 83.5 cm³/mol. The zero-order chi connectivity index (χ0) is 14.7. The van der Waals surface area contributed by atoms with E-state index >= 15 is 0 Å². The van der Waals surface area contributed by atoms with Gasteiger partial charge in [0, 0.05) is 16.2 Å². The van der Waals surface area contributed by atoms with Crippen LogP contribution in [0.15, 0.2) is 34.8 Å². The van der Waals surface area contributed by atoms with E-state index in [0.717, 1.165) is 15.7 Å². The average Bonchev–Trinajstić information content (AvgIpc) is 2.42. The van der Waals surface area contributed by atoms with Gasteiger partial charge in [0.25, 0.3) is 0 Å². The number of hydrogen-bond donors (Lipinski definition) is 1. The first-order valence-electron chi connectivity index (χ1n) is 6.24. The number of aliphatic hydroxyl groups excluding tert-OH is 1. The Morgan fingerprint density at radius 2 is 2.05 bits per heavy atom. The van der Waals surface area contributed by atoms with Crippen LogP contribution in [0, 0.1) is 0 Å². The zero-order valence-electron chi connectivity index (χ0n) is 11.2. The molecule has 1 aromatic heterocycles. The molecule has 0 aliphatic heterocycles. The third kappa shape index (κ3) is 3.72. The molecule has 0 unspecified atom stereocenters. The van der Waals surface area contributed by atoms with Crippen molar-refractivity contribution in [2.75, 3.05) is 0 Å². The lowest BCUT2D eigenvalue weighted by atomic mass is 10.1. The van der Waals surface area contributed by atoms with Gasteiger partial charge in [-0.25, -0.2) is 4.98 Å². The number of rotatable bonds is 4. The molecule has 2 rings (SSSR count). The minimum absolute atomic E-state index is 0.0508. The van der Waals surface area contributed by atoms with Gasteiger partial charge in [-0.1, -0.05) is 41.4 Å². The summed E-state index contributed by atoms with van der Waals surface area (Å²) in [4.78, 5) is 4.44. The van der Waals surface area contributed by atoms with E-state index in [1.54, 1.807) is 18.2 Å². The number of pyridine rings is 1. The first-order valence-corrected chi connectivity index (χ1v) is 7.41. The number of nitrogens with zero attached hydrogens (tertiary/aromatic N) is 1. The standard InChI is InChI=1S/C15H15BrClNO2/c1-9(2)13-5-10(8-19)6-15(18-13)20-14-7-11(16)3-4-12(14)17/h3-7,9,19H,8H2,1-2H3. The third-order valence-corrected chi connectivity index (χ3v) is 3.57. The summed E-state index contributed by atoms with van der Waals surface area (Å²) in [6.07, 6.45) is 0. The molecular formula is C15H15BrClNO2. The monoisotopic (exact) mass is 355 g/mol. The second-order valence-electron chi connectivity index (χ2n) is 4.73. The molecule has 0 spiro atoms. The molecule has 0 bridgehead atoms. The van der Waals surface area contributed by atoms with Gasteiger partial charge >= 0.3 is 0 Å². The van der Waals surface area contributed by atoms with Crippen molar-refractivity contribution in [3.05, 3.63) is 51.1 Å². The van der Waals surface area contributed by atoms with E-state index in [0.29, 0.717) is 16.7 Å². The Labute approximate surface area is 131 Å². The Morgan fingerprint density at radius 3 is 2.70 bits per heavy atom. The number of aromatic nitrogens is 1. The van der Waals surface area contributed by atoms with Gasteiger partial charge in [-0.3, -0.25) is 0 Å². The van der Waals surface area contributed by atoms with Crippen molar-refractivity contribution in [2.24, 2.45) is 0 Å². The highest BCUT2D eigenvalue weighted by atomic mass is 79.9. The molecule has 3 nitrogen and oxygen atoms in total. The van der Waals surface area contributed by atoms with Crippen LogP contribution >= 0.6 is 27.5 Å². The van der Waals surface area contributed by atoms with Crippen LogP contribution in [-0.4, -0.2) is 10.1 Å². The molecule has 0 amide bonds. The van der Waals surface area contributed by atoms with Crippen LogP contribution in [0.1, 0.15) is 31.0 Å². The molecule has 5 heteroatoms. The summed E-state index contributed by atoms with van der Waals surface area (Å²) in [6, 6.07) is 8.96. The Bertz CT molecular complexity index is 617. The maximum absolute atomic E-state index is 9.32. The van der Waals surface area contributed by atoms with Crippen LogP contribution < -0.4 is 4.74 Å². The highest BCUT2D eigenvalue weighted by Crippen LogP contribution is 2.32. The predicted octanol–water partition coefficient (Wildman–Crippen LogP) is 4.91.